The predicted octanol–water partition coefficient (Wildman–Crippen LogP) is 5.34. The maximum atomic E-state index is 14.1. The molecule has 4 aromatic rings. The Balaban J connectivity index is 1.58. The number of thiazole rings is 1. The molecule has 3 aromatic carbocycles. The van der Waals surface area contributed by atoms with E-state index in [1.165, 1.54) is 11.3 Å². The number of rotatable bonds is 9. The molecular formula is C33H32ClN3O4S. The summed E-state index contributed by atoms with van der Waals surface area (Å²) in [5.41, 5.74) is 3.39. The van der Waals surface area contributed by atoms with Crippen molar-refractivity contribution in [3.63, 3.8) is 0 Å². The molecule has 2 heterocycles. The molecule has 1 atom stereocenters. The van der Waals surface area contributed by atoms with Crippen LogP contribution in [0.1, 0.15) is 43.5 Å². The van der Waals surface area contributed by atoms with Crippen molar-refractivity contribution in [2.45, 2.75) is 33.4 Å². The first-order valence-corrected chi connectivity index (χ1v) is 15.0. The summed E-state index contributed by atoms with van der Waals surface area (Å²) in [6, 6.07) is 21.9. The zero-order chi connectivity index (χ0) is 29.8. The lowest BCUT2D eigenvalue weighted by atomic mass is 9.94. The van der Waals surface area contributed by atoms with Gasteiger partial charge in [-0.1, -0.05) is 65.4 Å². The minimum absolute atomic E-state index is 0.142. The minimum atomic E-state index is -0.679. The number of amides is 1. The van der Waals surface area contributed by atoms with Gasteiger partial charge in [-0.2, -0.15) is 0 Å². The number of carbonyl (C=O) groups is 1. The van der Waals surface area contributed by atoms with E-state index in [9.17, 15) is 9.59 Å². The lowest BCUT2D eigenvalue weighted by Gasteiger charge is -2.29. The predicted molar refractivity (Wildman–Crippen MR) is 167 cm³/mol. The van der Waals surface area contributed by atoms with E-state index in [1.807, 2.05) is 99.6 Å². The molecule has 0 saturated heterocycles. The highest BCUT2D eigenvalue weighted by Gasteiger charge is 2.35. The Morgan fingerprint density at radius 2 is 1.81 bits per heavy atom. The van der Waals surface area contributed by atoms with Gasteiger partial charge in [-0.15, -0.1) is 0 Å². The first-order valence-electron chi connectivity index (χ1n) is 13.8. The molecular weight excluding hydrogens is 570 g/mol. The van der Waals surface area contributed by atoms with Crippen LogP contribution in [0.5, 0.6) is 11.5 Å². The van der Waals surface area contributed by atoms with Crippen molar-refractivity contribution in [1.29, 1.82) is 0 Å². The van der Waals surface area contributed by atoms with Gasteiger partial charge in [0, 0.05) is 23.7 Å². The van der Waals surface area contributed by atoms with Crippen molar-refractivity contribution in [3.05, 3.63) is 125 Å². The van der Waals surface area contributed by atoms with Gasteiger partial charge in [-0.25, -0.2) is 4.99 Å². The van der Waals surface area contributed by atoms with Crippen LogP contribution in [-0.4, -0.2) is 35.6 Å². The molecule has 216 valence electrons. The molecule has 0 fully saturated rings. The van der Waals surface area contributed by atoms with Crippen molar-refractivity contribution >= 4 is 34.9 Å². The molecule has 0 aliphatic carbocycles. The lowest BCUT2D eigenvalue weighted by molar-refractivity contribution is -0.127. The number of hydrogen-bond donors (Lipinski definition) is 0. The van der Waals surface area contributed by atoms with Crippen LogP contribution < -0.4 is 24.4 Å². The second kappa shape index (κ2) is 12.8. The van der Waals surface area contributed by atoms with Crippen molar-refractivity contribution in [1.82, 2.24) is 9.47 Å². The number of allylic oxidation sites excluding steroid dienone is 1. The summed E-state index contributed by atoms with van der Waals surface area (Å²) >= 11 is 7.29. The Morgan fingerprint density at radius 3 is 2.52 bits per heavy atom. The fourth-order valence-corrected chi connectivity index (χ4v) is 6.23. The molecule has 1 amide bonds. The van der Waals surface area contributed by atoms with Crippen LogP contribution in [0.25, 0.3) is 6.08 Å². The summed E-state index contributed by atoms with van der Waals surface area (Å²) < 4.78 is 13.8. The van der Waals surface area contributed by atoms with Crippen molar-refractivity contribution in [2.75, 3.05) is 20.2 Å². The zero-order valence-electron chi connectivity index (χ0n) is 24.0. The van der Waals surface area contributed by atoms with Gasteiger partial charge in [0.2, 0.25) is 0 Å². The number of fused-ring (bicyclic) bond motifs is 1. The molecule has 0 N–H and O–H groups in total. The van der Waals surface area contributed by atoms with E-state index >= 15 is 0 Å². The normalized spacial score (nSPS) is 14.8. The zero-order valence-corrected chi connectivity index (χ0v) is 25.5. The maximum Gasteiger partial charge on any atom is 0.271 e. The summed E-state index contributed by atoms with van der Waals surface area (Å²) in [6.45, 7) is 7.20. The molecule has 0 spiro atoms. The second-order valence-electron chi connectivity index (χ2n) is 9.79. The number of hydrogen-bond acceptors (Lipinski definition) is 6. The van der Waals surface area contributed by atoms with Crippen LogP contribution in [0.4, 0.5) is 0 Å². The van der Waals surface area contributed by atoms with Gasteiger partial charge < -0.3 is 14.4 Å². The summed E-state index contributed by atoms with van der Waals surface area (Å²) in [7, 11) is 1.59. The van der Waals surface area contributed by atoms with Gasteiger partial charge in [0.25, 0.3) is 11.5 Å². The monoisotopic (exact) mass is 601 g/mol. The van der Waals surface area contributed by atoms with Crippen LogP contribution in [-0.2, 0) is 11.4 Å². The molecule has 0 unspecified atom stereocenters. The van der Waals surface area contributed by atoms with E-state index in [-0.39, 0.29) is 11.5 Å². The highest BCUT2D eigenvalue weighted by molar-refractivity contribution is 7.07. The van der Waals surface area contributed by atoms with E-state index in [0.29, 0.717) is 56.8 Å². The molecule has 1 aliphatic heterocycles. The van der Waals surface area contributed by atoms with Crippen LogP contribution in [0, 0.1) is 0 Å². The number of benzene rings is 3. The number of para-hydroxylation sites is 1. The average molecular weight is 602 g/mol. The summed E-state index contributed by atoms with van der Waals surface area (Å²) in [6.07, 6.45) is 1.84. The van der Waals surface area contributed by atoms with E-state index in [0.717, 1.165) is 16.7 Å². The Kier molecular flexibility index (Phi) is 8.94. The number of carbonyl (C=O) groups excluding carboxylic acids is 1. The number of halogens is 1. The standard InChI is InChI=1S/C33H32ClN3O4S/c1-5-36(6-2)32(39)29-21(3)35-33-37(30(29)26-12-7-8-13-27(26)40-4)31(38)28(42-33)19-23-10-9-11-25(18-23)41-20-22-14-16-24(34)17-15-22/h7-19,30H,5-6,20H2,1-4H3/b28-19+/t30-/m1/s1. The average Bonchev–Trinajstić information content (AvgIpc) is 3.30. The fourth-order valence-electron chi connectivity index (χ4n) is 5.06. The van der Waals surface area contributed by atoms with Crippen molar-refractivity contribution < 1.29 is 14.3 Å². The molecule has 5 rings (SSSR count). The van der Waals surface area contributed by atoms with Crippen LogP contribution in [0.3, 0.4) is 0 Å². The van der Waals surface area contributed by atoms with Gasteiger partial charge in [-0.3, -0.25) is 14.2 Å². The lowest BCUT2D eigenvalue weighted by Crippen LogP contribution is -2.43. The first-order chi connectivity index (χ1) is 20.3. The van der Waals surface area contributed by atoms with Crippen LogP contribution in [0.2, 0.25) is 5.02 Å². The number of ether oxygens (including phenoxy) is 2. The molecule has 9 heteroatoms. The summed E-state index contributed by atoms with van der Waals surface area (Å²) in [5.74, 6) is 1.14. The fraction of sp³-hybridized carbons (Fsp3) is 0.242. The van der Waals surface area contributed by atoms with E-state index < -0.39 is 6.04 Å². The number of methoxy groups -OCH3 is 1. The SMILES string of the molecule is CCN(CC)C(=O)C1=C(C)N=c2s/c(=C/c3cccc(OCc4ccc(Cl)cc4)c3)c(=O)n2[C@@H]1c1ccccc1OC. The first kappa shape index (κ1) is 29.4. The molecule has 0 saturated carbocycles. The Morgan fingerprint density at radius 1 is 1.07 bits per heavy atom. The highest BCUT2D eigenvalue weighted by Crippen LogP contribution is 2.36. The Labute approximate surface area is 253 Å². The largest absolute Gasteiger partial charge is 0.496 e. The molecule has 1 aliphatic rings. The van der Waals surface area contributed by atoms with Gasteiger partial charge in [0.15, 0.2) is 4.80 Å². The van der Waals surface area contributed by atoms with Gasteiger partial charge in [0.1, 0.15) is 24.1 Å². The molecule has 7 nitrogen and oxygen atoms in total. The van der Waals surface area contributed by atoms with Crippen LogP contribution >= 0.6 is 22.9 Å². The number of aromatic nitrogens is 1. The third kappa shape index (κ3) is 5.91. The molecule has 1 aromatic heterocycles. The topological polar surface area (TPSA) is 73.1 Å². The summed E-state index contributed by atoms with van der Waals surface area (Å²) in [5, 5.41) is 0.676. The smallest absolute Gasteiger partial charge is 0.271 e. The maximum absolute atomic E-state index is 14.1. The third-order valence-electron chi connectivity index (χ3n) is 7.21. The number of nitrogens with zero attached hydrogens (tertiary/aromatic N) is 3. The minimum Gasteiger partial charge on any atom is -0.496 e. The third-order valence-corrected chi connectivity index (χ3v) is 8.45. The van der Waals surface area contributed by atoms with Gasteiger partial charge in [-0.05, 0) is 68.3 Å². The van der Waals surface area contributed by atoms with Crippen molar-refractivity contribution in [3.8, 4) is 11.5 Å². The van der Waals surface area contributed by atoms with E-state index in [2.05, 4.69) is 0 Å². The molecule has 42 heavy (non-hydrogen) atoms. The van der Waals surface area contributed by atoms with Crippen molar-refractivity contribution in [2.24, 2.45) is 4.99 Å². The molecule has 0 bridgehead atoms. The Hall–Kier alpha value is -4.14. The van der Waals surface area contributed by atoms with E-state index in [4.69, 9.17) is 26.1 Å². The van der Waals surface area contributed by atoms with E-state index in [1.54, 1.807) is 16.6 Å². The van der Waals surface area contributed by atoms with Gasteiger partial charge in [0.05, 0.1) is 22.9 Å². The molecule has 0 radical (unpaired) electrons. The van der Waals surface area contributed by atoms with Gasteiger partial charge >= 0.3 is 0 Å². The highest BCUT2D eigenvalue weighted by atomic mass is 35.5. The second-order valence-corrected chi connectivity index (χ2v) is 11.2. The Bertz CT molecular complexity index is 1820. The quantitative estimate of drug-likeness (QED) is 0.259. The number of likely N-dealkylation sites (N-methyl/N-ethyl adjacent to an activating group) is 1. The van der Waals surface area contributed by atoms with Crippen LogP contribution in [0.15, 0.2) is 93.9 Å². The summed E-state index contributed by atoms with van der Waals surface area (Å²) in [4.78, 5) is 34.9.